The van der Waals surface area contributed by atoms with Gasteiger partial charge in [-0.15, -0.1) is 0 Å². The minimum absolute atomic E-state index is 0.1000. The Morgan fingerprint density at radius 3 is 2.23 bits per heavy atom. The van der Waals surface area contributed by atoms with Gasteiger partial charge in [0.25, 0.3) is 0 Å². The van der Waals surface area contributed by atoms with Crippen molar-refractivity contribution in [3.63, 3.8) is 0 Å². The molecule has 114 valence electrons. The number of carboxylic acids is 1. The number of carboxylic acid groups (broad SMARTS) is 1. The van der Waals surface area contributed by atoms with E-state index in [4.69, 9.17) is 5.11 Å². The maximum atomic E-state index is 12.0. The summed E-state index contributed by atoms with van der Waals surface area (Å²) in [7, 11) is 0. The Morgan fingerprint density at radius 1 is 1.00 bits per heavy atom. The van der Waals surface area contributed by atoms with Gasteiger partial charge in [-0.3, -0.25) is 4.79 Å². The minimum atomic E-state index is -0.985. The summed E-state index contributed by atoms with van der Waals surface area (Å²) in [4.78, 5) is 22.7. The number of anilines is 1. The van der Waals surface area contributed by atoms with Crippen LogP contribution in [0, 0.1) is 0 Å². The molecule has 0 aliphatic carbocycles. The SMILES string of the molecule is O=C(CCc1ccccc1CS)Nc1ccc(C(=O)O)cc1. The summed E-state index contributed by atoms with van der Waals surface area (Å²) in [6, 6.07) is 14.0. The molecule has 0 saturated carbocycles. The number of hydrogen-bond donors (Lipinski definition) is 3. The van der Waals surface area contributed by atoms with E-state index in [1.54, 1.807) is 12.1 Å². The van der Waals surface area contributed by atoms with Gasteiger partial charge in [0.2, 0.25) is 5.91 Å². The second-order valence-corrected chi connectivity index (χ2v) is 5.17. The lowest BCUT2D eigenvalue weighted by Crippen LogP contribution is -2.12. The third-order valence-electron chi connectivity index (χ3n) is 3.33. The number of rotatable bonds is 6. The van der Waals surface area contributed by atoms with Gasteiger partial charge in [-0.25, -0.2) is 4.79 Å². The maximum Gasteiger partial charge on any atom is 0.335 e. The van der Waals surface area contributed by atoms with Crippen LogP contribution < -0.4 is 5.32 Å². The van der Waals surface area contributed by atoms with Gasteiger partial charge in [-0.1, -0.05) is 24.3 Å². The second kappa shape index (κ2) is 7.66. The number of amides is 1. The first kappa shape index (κ1) is 16.1. The van der Waals surface area contributed by atoms with Crippen LogP contribution >= 0.6 is 12.6 Å². The zero-order chi connectivity index (χ0) is 15.9. The first-order valence-electron chi connectivity index (χ1n) is 6.91. The second-order valence-electron chi connectivity index (χ2n) is 4.86. The number of nitrogens with one attached hydrogen (secondary N) is 1. The molecule has 0 heterocycles. The Labute approximate surface area is 134 Å². The van der Waals surface area contributed by atoms with E-state index in [1.807, 2.05) is 24.3 Å². The molecule has 2 N–H and O–H groups in total. The summed E-state index contributed by atoms with van der Waals surface area (Å²) < 4.78 is 0. The van der Waals surface area contributed by atoms with Crippen LogP contribution in [-0.4, -0.2) is 17.0 Å². The van der Waals surface area contributed by atoms with Crippen molar-refractivity contribution in [1.82, 2.24) is 0 Å². The lowest BCUT2D eigenvalue weighted by atomic mass is 10.0. The van der Waals surface area contributed by atoms with Gasteiger partial charge < -0.3 is 10.4 Å². The Morgan fingerprint density at radius 2 is 1.64 bits per heavy atom. The molecule has 1 amide bonds. The molecule has 0 unspecified atom stereocenters. The highest BCUT2D eigenvalue weighted by molar-refractivity contribution is 7.79. The van der Waals surface area contributed by atoms with Crippen molar-refractivity contribution in [3.8, 4) is 0 Å². The molecule has 0 aromatic heterocycles. The highest BCUT2D eigenvalue weighted by atomic mass is 32.1. The van der Waals surface area contributed by atoms with Crippen LogP contribution in [0.15, 0.2) is 48.5 Å². The predicted octanol–water partition coefficient (Wildman–Crippen LogP) is 3.39. The zero-order valence-corrected chi connectivity index (χ0v) is 12.8. The molecule has 4 nitrogen and oxygen atoms in total. The molecule has 2 aromatic carbocycles. The standard InChI is InChI=1S/C17H17NO3S/c19-16(10-7-12-3-1-2-4-14(12)11-22)18-15-8-5-13(6-9-15)17(20)21/h1-6,8-9,22H,7,10-11H2,(H,18,19)(H,20,21). The van der Waals surface area contributed by atoms with E-state index in [9.17, 15) is 9.59 Å². The average Bonchev–Trinajstić information content (AvgIpc) is 2.53. The Kier molecular flexibility index (Phi) is 5.61. The van der Waals surface area contributed by atoms with Crippen LogP contribution in [0.25, 0.3) is 0 Å². The lowest BCUT2D eigenvalue weighted by molar-refractivity contribution is -0.116. The van der Waals surface area contributed by atoms with Crippen molar-refractivity contribution in [1.29, 1.82) is 0 Å². The molecule has 22 heavy (non-hydrogen) atoms. The van der Waals surface area contributed by atoms with E-state index in [2.05, 4.69) is 17.9 Å². The van der Waals surface area contributed by atoms with E-state index in [-0.39, 0.29) is 11.5 Å². The molecule has 0 bridgehead atoms. The van der Waals surface area contributed by atoms with Gasteiger partial charge in [0, 0.05) is 17.9 Å². The fourth-order valence-electron chi connectivity index (χ4n) is 2.12. The largest absolute Gasteiger partial charge is 0.478 e. The smallest absolute Gasteiger partial charge is 0.335 e. The molecular weight excluding hydrogens is 298 g/mol. The molecule has 0 aliphatic heterocycles. The maximum absolute atomic E-state index is 12.0. The molecule has 0 radical (unpaired) electrons. The van der Waals surface area contributed by atoms with Gasteiger partial charge in [0.15, 0.2) is 0 Å². The Hall–Kier alpha value is -2.27. The highest BCUT2D eigenvalue weighted by Gasteiger charge is 2.07. The van der Waals surface area contributed by atoms with Crippen molar-refractivity contribution in [2.24, 2.45) is 0 Å². The molecule has 0 fully saturated rings. The number of aryl methyl sites for hydroxylation is 1. The Balaban J connectivity index is 1.91. The van der Waals surface area contributed by atoms with E-state index in [1.165, 1.54) is 12.1 Å². The quantitative estimate of drug-likeness (QED) is 0.716. The molecule has 0 atom stereocenters. The number of carbonyl (C=O) groups excluding carboxylic acids is 1. The number of hydrogen-bond acceptors (Lipinski definition) is 3. The lowest BCUT2D eigenvalue weighted by Gasteiger charge is -2.08. The van der Waals surface area contributed by atoms with Crippen LogP contribution in [0.4, 0.5) is 5.69 Å². The normalized spacial score (nSPS) is 10.2. The summed E-state index contributed by atoms with van der Waals surface area (Å²) in [6.45, 7) is 0. The minimum Gasteiger partial charge on any atom is -0.478 e. The van der Waals surface area contributed by atoms with Gasteiger partial charge in [0.1, 0.15) is 0 Å². The van der Waals surface area contributed by atoms with Crippen LogP contribution in [0.2, 0.25) is 0 Å². The summed E-state index contributed by atoms with van der Waals surface area (Å²) in [5.41, 5.74) is 3.04. The summed E-state index contributed by atoms with van der Waals surface area (Å²) >= 11 is 4.28. The fourth-order valence-corrected chi connectivity index (χ4v) is 2.43. The summed E-state index contributed by atoms with van der Waals surface area (Å²) in [5, 5.41) is 11.6. The predicted molar refractivity (Wildman–Crippen MR) is 89.5 cm³/mol. The number of carbonyl (C=O) groups is 2. The van der Waals surface area contributed by atoms with Crippen molar-refractivity contribution in [2.45, 2.75) is 18.6 Å². The van der Waals surface area contributed by atoms with Crippen LogP contribution in [0.5, 0.6) is 0 Å². The third kappa shape index (κ3) is 4.36. The fraction of sp³-hybridized carbons (Fsp3) is 0.176. The topological polar surface area (TPSA) is 66.4 Å². The van der Waals surface area contributed by atoms with Crippen LogP contribution in [0.3, 0.4) is 0 Å². The zero-order valence-electron chi connectivity index (χ0n) is 12.0. The average molecular weight is 315 g/mol. The van der Waals surface area contributed by atoms with Gasteiger partial charge in [-0.2, -0.15) is 12.6 Å². The molecule has 2 aromatic rings. The highest BCUT2D eigenvalue weighted by Crippen LogP contribution is 2.14. The van der Waals surface area contributed by atoms with E-state index in [0.717, 1.165) is 11.1 Å². The van der Waals surface area contributed by atoms with Crippen LogP contribution in [-0.2, 0) is 17.0 Å². The van der Waals surface area contributed by atoms with Gasteiger partial charge in [-0.05, 0) is 41.8 Å². The van der Waals surface area contributed by atoms with E-state index in [0.29, 0.717) is 24.3 Å². The van der Waals surface area contributed by atoms with Crippen molar-refractivity contribution in [2.75, 3.05) is 5.32 Å². The number of thiol groups is 1. The number of aromatic carboxylic acids is 1. The van der Waals surface area contributed by atoms with Crippen molar-refractivity contribution in [3.05, 3.63) is 65.2 Å². The molecule has 2 rings (SSSR count). The molecule has 0 aliphatic rings. The van der Waals surface area contributed by atoms with Crippen molar-refractivity contribution < 1.29 is 14.7 Å². The first-order valence-corrected chi connectivity index (χ1v) is 7.54. The van der Waals surface area contributed by atoms with Crippen molar-refractivity contribution >= 4 is 30.2 Å². The van der Waals surface area contributed by atoms with E-state index < -0.39 is 5.97 Å². The summed E-state index contributed by atoms with van der Waals surface area (Å²) in [5.74, 6) is -0.438. The molecule has 5 heteroatoms. The summed E-state index contributed by atoms with van der Waals surface area (Å²) in [6.07, 6.45) is 1.02. The monoisotopic (exact) mass is 315 g/mol. The number of benzene rings is 2. The molecule has 0 saturated heterocycles. The molecular formula is C17H17NO3S. The Bertz CT molecular complexity index is 668. The van der Waals surface area contributed by atoms with Crippen LogP contribution in [0.1, 0.15) is 27.9 Å². The van der Waals surface area contributed by atoms with Gasteiger partial charge >= 0.3 is 5.97 Å². The van der Waals surface area contributed by atoms with Gasteiger partial charge in [0.05, 0.1) is 5.56 Å². The third-order valence-corrected chi connectivity index (χ3v) is 3.67. The van der Waals surface area contributed by atoms with E-state index >= 15 is 0 Å². The molecule has 0 spiro atoms. The first-order chi connectivity index (χ1) is 10.6.